The van der Waals surface area contributed by atoms with Gasteiger partial charge in [-0.3, -0.25) is 9.63 Å². The maximum atomic E-state index is 11.6. The fourth-order valence-electron chi connectivity index (χ4n) is 1.35. The summed E-state index contributed by atoms with van der Waals surface area (Å²) in [5, 5.41) is 0. The molecular formula is C8H7NO4S. The van der Waals surface area contributed by atoms with Crippen LogP contribution in [0.2, 0.25) is 0 Å². The lowest BCUT2D eigenvalue weighted by Gasteiger charge is -2.09. The molecule has 0 unspecified atom stereocenters. The smallest absolute Gasteiger partial charge is 0.266 e. The summed E-state index contributed by atoms with van der Waals surface area (Å²) < 4.78 is 23.6. The van der Waals surface area contributed by atoms with Crippen LogP contribution in [0.25, 0.3) is 0 Å². The van der Waals surface area contributed by atoms with Crippen molar-refractivity contribution in [3.05, 3.63) is 29.8 Å². The van der Waals surface area contributed by atoms with Crippen molar-refractivity contribution in [3.63, 3.8) is 0 Å². The van der Waals surface area contributed by atoms with E-state index in [-0.39, 0.29) is 10.5 Å². The molecule has 1 aliphatic rings. The van der Waals surface area contributed by atoms with Crippen molar-refractivity contribution in [3.8, 4) is 0 Å². The van der Waals surface area contributed by atoms with Crippen LogP contribution < -0.4 is 0 Å². The minimum absolute atomic E-state index is 0.00755. The zero-order valence-corrected chi connectivity index (χ0v) is 8.11. The predicted molar refractivity (Wildman–Crippen MR) is 46.8 cm³/mol. The van der Waals surface area contributed by atoms with Gasteiger partial charge in [0.05, 0.1) is 12.7 Å². The third kappa shape index (κ3) is 0.978. The molecule has 2 rings (SSSR count). The second-order valence-electron chi connectivity index (χ2n) is 2.72. The summed E-state index contributed by atoms with van der Waals surface area (Å²) >= 11 is 0. The quantitative estimate of drug-likeness (QED) is 0.677. The number of carbonyl (C=O) groups is 1. The molecule has 0 N–H and O–H groups in total. The van der Waals surface area contributed by atoms with Gasteiger partial charge in [0.1, 0.15) is 4.90 Å². The number of fused-ring (bicyclic) bond motifs is 1. The van der Waals surface area contributed by atoms with E-state index in [1.165, 1.54) is 12.1 Å². The van der Waals surface area contributed by atoms with E-state index < -0.39 is 15.9 Å². The Bertz CT molecular complexity index is 494. The number of sulfonamides is 1. The molecule has 5 nitrogen and oxygen atoms in total. The first-order chi connectivity index (χ1) is 6.59. The fourth-order valence-corrected chi connectivity index (χ4v) is 2.72. The Morgan fingerprint density at radius 2 is 1.93 bits per heavy atom. The van der Waals surface area contributed by atoms with Gasteiger partial charge in [0.2, 0.25) is 0 Å². The molecule has 74 valence electrons. The number of hydrogen-bond acceptors (Lipinski definition) is 4. The van der Waals surface area contributed by atoms with E-state index in [2.05, 4.69) is 4.84 Å². The van der Waals surface area contributed by atoms with Crippen LogP contribution in [0.4, 0.5) is 0 Å². The van der Waals surface area contributed by atoms with Crippen molar-refractivity contribution in [2.45, 2.75) is 4.90 Å². The van der Waals surface area contributed by atoms with Crippen LogP contribution in [0.1, 0.15) is 10.4 Å². The summed E-state index contributed by atoms with van der Waals surface area (Å²) in [6.45, 7) is 0. The van der Waals surface area contributed by atoms with E-state index in [4.69, 9.17) is 0 Å². The highest BCUT2D eigenvalue weighted by Crippen LogP contribution is 2.29. The molecule has 0 aliphatic carbocycles. The SMILES string of the molecule is CON1C(=O)c2ccccc2S1(=O)=O. The van der Waals surface area contributed by atoms with E-state index in [1.807, 2.05) is 0 Å². The van der Waals surface area contributed by atoms with Gasteiger partial charge in [-0.25, -0.2) is 0 Å². The molecular weight excluding hydrogens is 206 g/mol. The van der Waals surface area contributed by atoms with Gasteiger partial charge in [0, 0.05) is 0 Å². The Morgan fingerprint density at radius 1 is 1.29 bits per heavy atom. The van der Waals surface area contributed by atoms with Crippen LogP contribution in [-0.4, -0.2) is 25.9 Å². The maximum absolute atomic E-state index is 11.6. The van der Waals surface area contributed by atoms with E-state index in [0.717, 1.165) is 7.11 Å². The van der Waals surface area contributed by atoms with Crippen molar-refractivity contribution >= 4 is 15.9 Å². The molecule has 6 heteroatoms. The summed E-state index contributed by atoms with van der Waals surface area (Å²) in [6, 6.07) is 5.99. The topological polar surface area (TPSA) is 63.7 Å². The molecule has 0 radical (unpaired) electrons. The van der Waals surface area contributed by atoms with Gasteiger partial charge in [0.25, 0.3) is 15.9 Å². The van der Waals surface area contributed by atoms with Gasteiger partial charge in [-0.2, -0.15) is 8.42 Å². The number of hydroxylamine groups is 1. The van der Waals surface area contributed by atoms with E-state index in [1.54, 1.807) is 12.1 Å². The first-order valence-electron chi connectivity index (χ1n) is 3.82. The maximum Gasteiger partial charge on any atom is 0.293 e. The van der Waals surface area contributed by atoms with Crippen molar-refractivity contribution < 1.29 is 18.0 Å². The average molecular weight is 213 g/mol. The van der Waals surface area contributed by atoms with Gasteiger partial charge in [-0.05, 0) is 12.1 Å². The van der Waals surface area contributed by atoms with E-state index in [9.17, 15) is 13.2 Å². The van der Waals surface area contributed by atoms with Gasteiger partial charge in [-0.1, -0.05) is 12.1 Å². The fraction of sp³-hybridized carbons (Fsp3) is 0.125. The Hall–Kier alpha value is -1.40. The predicted octanol–water partition coefficient (Wildman–Crippen LogP) is 0.393. The first-order valence-corrected chi connectivity index (χ1v) is 5.26. The van der Waals surface area contributed by atoms with Gasteiger partial charge in [-0.15, -0.1) is 4.47 Å². The Morgan fingerprint density at radius 3 is 2.50 bits per heavy atom. The Kier molecular flexibility index (Phi) is 1.83. The molecule has 0 saturated heterocycles. The molecule has 0 fully saturated rings. The molecule has 0 saturated carbocycles. The lowest BCUT2D eigenvalue weighted by Crippen LogP contribution is -2.28. The van der Waals surface area contributed by atoms with E-state index in [0.29, 0.717) is 4.47 Å². The number of hydrogen-bond donors (Lipinski definition) is 0. The van der Waals surface area contributed by atoms with Crippen molar-refractivity contribution in [1.29, 1.82) is 0 Å². The Labute approximate surface area is 80.9 Å². The van der Waals surface area contributed by atoms with Crippen molar-refractivity contribution in [1.82, 2.24) is 4.47 Å². The Balaban J connectivity index is 2.74. The lowest BCUT2D eigenvalue weighted by atomic mass is 10.2. The minimum Gasteiger partial charge on any atom is -0.266 e. The summed E-state index contributed by atoms with van der Waals surface area (Å²) in [6.07, 6.45) is 0. The summed E-state index contributed by atoms with van der Waals surface area (Å²) in [7, 11) is -2.64. The molecule has 14 heavy (non-hydrogen) atoms. The highest BCUT2D eigenvalue weighted by molar-refractivity contribution is 7.90. The van der Waals surface area contributed by atoms with Crippen molar-refractivity contribution in [2.24, 2.45) is 0 Å². The normalized spacial score (nSPS) is 18.4. The summed E-state index contributed by atoms with van der Waals surface area (Å²) in [4.78, 5) is 16.0. The second kappa shape index (κ2) is 2.79. The average Bonchev–Trinajstić information content (AvgIpc) is 2.36. The lowest BCUT2D eigenvalue weighted by molar-refractivity contribution is -0.0254. The highest BCUT2D eigenvalue weighted by Gasteiger charge is 2.41. The monoisotopic (exact) mass is 213 g/mol. The van der Waals surface area contributed by atoms with Crippen molar-refractivity contribution in [2.75, 3.05) is 7.11 Å². The van der Waals surface area contributed by atoms with Crippen LogP contribution in [-0.2, 0) is 14.9 Å². The minimum atomic E-state index is -3.78. The number of amides is 1. The van der Waals surface area contributed by atoms with E-state index >= 15 is 0 Å². The number of rotatable bonds is 1. The molecule has 1 amide bonds. The zero-order chi connectivity index (χ0) is 10.3. The number of benzene rings is 1. The summed E-state index contributed by atoms with van der Waals surface area (Å²) in [5.74, 6) is -0.650. The molecule has 0 atom stereocenters. The van der Waals surface area contributed by atoms with Crippen LogP contribution in [0.3, 0.4) is 0 Å². The molecule has 1 aromatic rings. The molecule has 1 aromatic carbocycles. The van der Waals surface area contributed by atoms with Crippen LogP contribution in [0, 0.1) is 0 Å². The van der Waals surface area contributed by atoms with Gasteiger partial charge in [0.15, 0.2) is 0 Å². The summed E-state index contributed by atoms with van der Waals surface area (Å²) in [5.41, 5.74) is 0.148. The third-order valence-electron chi connectivity index (χ3n) is 1.95. The number of nitrogens with zero attached hydrogens (tertiary/aromatic N) is 1. The van der Waals surface area contributed by atoms with Crippen LogP contribution in [0.5, 0.6) is 0 Å². The molecule has 0 bridgehead atoms. The molecule has 1 heterocycles. The van der Waals surface area contributed by atoms with Gasteiger partial charge >= 0.3 is 0 Å². The standard InChI is InChI=1S/C8H7NO4S/c1-13-9-8(10)6-4-2-3-5-7(6)14(9,11)12/h2-5H,1H3. The largest absolute Gasteiger partial charge is 0.293 e. The zero-order valence-electron chi connectivity index (χ0n) is 7.30. The van der Waals surface area contributed by atoms with Crippen LogP contribution >= 0.6 is 0 Å². The highest BCUT2D eigenvalue weighted by atomic mass is 32.2. The van der Waals surface area contributed by atoms with Gasteiger partial charge < -0.3 is 0 Å². The molecule has 0 spiro atoms. The number of carbonyl (C=O) groups excluding carboxylic acids is 1. The third-order valence-corrected chi connectivity index (χ3v) is 3.61. The first kappa shape index (κ1) is 9.17. The molecule has 0 aromatic heterocycles. The second-order valence-corrected chi connectivity index (χ2v) is 4.44. The molecule has 1 aliphatic heterocycles. The van der Waals surface area contributed by atoms with Crippen LogP contribution in [0.15, 0.2) is 29.2 Å².